The predicted octanol–water partition coefficient (Wildman–Crippen LogP) is 3.84. The van der Waals surface area contributed by atoms with Crippen molar-refractivity contribution < 1.29 is 23.5 Å². The number of Topliss-reactive ketones (excluding diaryl/α,β-unsaturated/α-hetero) is 1. The molecule has 0 radical (unpaired) electrons. The van der Waals surface area contributed by atoms with E-state index in [0.29, 0.717) is 11.4 Å². The van der Waals surface area contributed by atoms with Crippen LogP contribution in [0.25, 0.3) is 6.08 Å². The Morgan fingerprint density at radius 3 is 2.30 bits per heavy atom. The van der Waals surface area contributed by atoms with Gasteiger partial charge in [-0.3, -0.25) is 14.4 Å². The van der Waals surface area contributed by atoms with Crippen molar-refractivity contribution >= 4 is 35.0 Å². The van der Waals surface area contributed by atoms with Gasteiger partial charge in [-0.25, -0.2) is 9.29 Å². The number of halogens is 1. The zero-order valence-electron chi connectivity index (χ0n) is 18.9. The minimum Gasteiger partial charge on any atom is -0.497 e. The van der Waals surface area contributed by atoms with Crippen LogP contribution >= 0.6 is 0 Å². The number of amides is 2. The quantitative estimate of drug-likeness (QED) is 0.668. The number of benzene rings is 2. The second-order valence-corrected chi connectivity index (χ2v) is 9.78. The first-order valence-corrected chi connectivity index (χ1v) is 11.0. The van der Waals surface area contributed by atoms with Gasteiger partial charge in [-0.05, 0) is 42.5 Å². The average molecular weight is 448 g/mol. The summed E-state index contributed by atoms with van der Waals surface area (Å²) < 4.78 is 18.8. The lowest BCUT2D eigenvalue weighted by molar-refractivity contribution is -0.132. The molecule has 0 unspecified atom stereocenters. The van der Waals surface area contributed by atoms with E-state index in [0.717, 1.165) is 16.2 Å². The lowest BCUT2D eigenvalue weighted by Crippen LogP contribution is -2.51. The Kier molecular flexibility index (Phi) is 4.71. The predicted molar refractivity (Wildman–Crippen MR) is 122 cm³/mol. The zero-order valence-corrected chi connectivity index (χ0v) is 18.9. The highest BCUT2D eigenvalue weighted by atomic mass is 19.1. The van der Waals surface area contributed by atoms with Gasteiger partial charge in [-0.2, -0.15) is 0 Å². The van der Waals surface area contributed by atoms with Crippen LogP contribution in [-0.4, -0.2) is 36.8 Å². The summed E-state index contributed by atoms with van der Waals surface area (Å²) in [5.74, 6) is -2.17. The third-order valence-corrected chi connectivity index (χ3v) is 6.81. The van der Waals surface area contributed by atoms with Crippen molar-refractivity contribution in [3.05, 3.63) is 59.9 Å². The van der Waals surface area contributed by atoms with Crippen molar-refractivity contribution in [1.29, 1.82) is 0 Å². The normalized spacial score (nSPS) is 25.7. The maximum atomic E-state index is 13.7. The van der Waals surface area contributed by atoms with Gasteiger partial charge in [0.2, 0.25) is 11.8 Å². The molecule has 0 bridgehead atoms. The summed E-state index contributed by atoms with van der Waals surface area (Å²) in [6.07, 6.45) is 3.81. The Labute approximate surface area is 191 Å². The first-order valence-electron chi connectivity index (χ1n) is 11.0. The van der Waals surface area contributed by atoms with Crippen LogP contribution in [0.2, 0.25) is 0 Å². The van der Waals surface area contributed by atoms with Crippen LogP contribution in [0.15, 0.2) is 48.5 Å². The Hall–Kier alpha value is -3.48. The lowest BCUT2D eigenvalue weighted by Gasteiger charge is -2.38. The molecule has 0 N–H and O–H groups in total. The van der Waals surface area contributed by atoms with E-state index in [-0.39, 0.29) is 11.7 Å². The van der Waals surface area contributed by atoms with E-state index in [4.69, 9.17) is 4.74 Å². The third-order valence-electron chi connectivity index (χ3n) is 6.81. The number of fused-ring (bicyclic) bond motifs is 5. The molecule has 2 fully saturated rings. The molecule has 4 atom stereocenters. The van der Waals surface area contributed by atoms with Gasteiger partial charge in [0.05, 0.1) is 30.7 Å². The van der Waals surface area contributed by atoms with E-state index in [2.05, 4.69) is 0 Å². The number of hydrogen-bond acceptors (Lipinski definition) is 5. The molecule has 170 valence electrons. The summed E-state index contributed by atoms with van der Waals surface area (Å²) in [6.45, 7) is 5.47. The highest BCUT2D eigenvalue weighted by Crippen LogP contribution is 2.50. The molecule has 0 saturated carbocycles. The summed E-state index contributed by atoms with van der Waals surface area (Å²) >= 11 is 0. The SMILES string of the molecule is COc1ccc2c(c1)C=C[C@@H]1[C@H]3C(=O)N(c4ccc(F)cc4)C(=O)[C@@H]3[C@H](C(=O)C(C)(C)C)N21. The maximum absolute atomic E-state index is 13.7. The van der Waals surface area contributed by atoms with Crippen LogP contribution in [0.1, 0.15) is 26.3 Å². The van der Waals surface area contributed by atoms with E-state index in [1.807, 2.05) is 56.0 Å². The van der Waals surface area contributed by atoms with E-state index >= 15 is 0 Å². The lowest BCUT2D eigenvalue weighted by atomic mass is 9.79. The smallest absolute Gasteiger partial charge is 0.240 e. The number of carbonyl (C=O) groups excluding carboxylic acids is 3. The van der Waals surface area contributed by atoms with Gasteiger partial charge >= 0.3 is 0 Å². The van der Waals surface area contributed by atoms with Crippen molar-refractivity contribution in [2.75, 3.05) is 16.9 Å². The first-order chi connectivity index (χ1) is 15.6. The molecule has 7 heteroatoms. The van der Waals surface area contributed by atoms with Crippen molar-refractivity contribution in [3.8, 4) is 5.75 Å². The molecule has 6 nitrogen and oxygen atoms in total. The number of rotatable bonds is 3. The highest BCUT2D eigenvalue weighted by Gasteiger charge is 2.65. The summed E-state index contributed by atoms with van der Waals surface area (Å²) in [4.78, 5) is 44.0. The molecule has 0 aliphatic carbocycles. The van der Waals surface area contributed by atoms with Crippen molar-refractivity contribution in [1.82, 2.24) is 0 Å². The Balaban J connectivity index is 1.64. The standard InChI is InChI=1S/C26H25FN2O4/c1-26(2,3)23(30)22-21-20(24(31)28(25(21)32)16-8-6-15(27)7-9-16)19-11-5-14-13-17(33-4)10-12-18(14)29(19)22/h5-13,19-22H,1-4H3/t19-,20-,21+,22-/m1/s1. The second kappa shape index (κ2) is 7.27. The zero-order chi connectivity index (χ0) is 23.7. The molecule has 5 rings (SSSR count). The van der Waals surface area contributed by atoms with Gasteiger partial charge in [0.25, 0.3) is 0 Å². The molecule has 2 saturated heterocycles. The van der Waals surface area contributed by atoms with E-state index in [1.54, 1.807) is 7.11 Å². The number of imide groups is 1. The topological polar surface area (TPSA) is 66.9 Å². The van der Waals surface area contributed by atoms with Crippen molar-refractivity contribution in [2.24, 2.45) is 17.3 Å². The number of anilines is 2. The van der Waals surface area contributed by atoms with Crippen LogP contribution in [0.3, 0.4) is 0 Å². The van der Waals surface area contributed by atoms with E-state index in [9.17, 15) is 18.8 Å². The van der Waals surface area contributed by atoms with E-state index in [1.165, 1.54) is 24.3 Å². The molecule has 33 heavy (non-hydrogen) atoms. The Morgan fingerprint density at radius 2 is 1.67 bits per heavy atom. The van der Waals surface area contributed by atoms with Crippen LogP contribution < -0.4 is 14.5 Å². The number of carbonyl (C=O) groups is 3. The Morgan fingerprint density at radius 1 is 1.00 bits per heavy atom. The van der Waals surface area contributed by atoms with Gasteiger partial charge in [0, 0.05) is 16.7 Å². The number of ketones is 1. The fourth-order valence-electron chi connectivity index (χ4n) is 5.27. The minimum atomic E-state index is -0.822. The van der Waals surface area contributed by atoms with Crippen molar-refractivity contribution in [3.63, 3.8) is 0 Å². The summed E-state index contributed by atoms with van der Waals surface area (Å²) in [7, 11) is 1.59. The average Bonchev–Trinajstić information content (AvgIpc) is 3.26. The number of methoxy groups -OCH3 is 1. The van der Waals surface area contributed by atoms with Crippen LogP contribution in [-0.2, 0) is 14.4 Å². The number of nitrogens with zero attached hydrogens (tertiary/aromatic N) is 2. The molecule has 2 amide bonds. The van der Waals surface area contributed by atoms with Gasteiger partial charge in [0.15, 0.2) is 5.78 Å². The number of ether oxygens (including phenoxy) is 1. The van der Waals surface area contributed by atoms with Gasteiger partial charge in [0.1, 0.15) is 17.6 Å². The summed E-state index contributed by atoms with van der Waals surface area (Å²) in [5, 5.41) is 0. The van der Waals surface area contributed by atoms with Crippen molar-refractivity contribution in [2.45, 2.75) is 32.9 Å². The largest absolute Gasteiger partial charge is 0.497 e. The highest BCUT2D eigenvalue weighted by molar-refractivity contribution is 6.25. The fraction of sp³-hybridized carbons (Fsp3) is 0.346. The van der Waals surface area contributed by atoms with E-state index < -0.39 is 41.1 Å². The maximum Gasteiger partial charge on any atom is 0.240 e. The number of hydrogen-bond donors (Lipinski definition) is 0. The molecule has 3 heterocycles. The molecule has 0 spiro atoms. The molecule has 3 aliphatic rings. The van der Waals surface area contributed by atoms with Gasteiger partial charge in [-0.15, -0.1) is 0 Å². The Bertz CT molecular complexity index is 1200. The minimum absolute atomic E-state index is 0.0980. The molecule has 2 aromatic carbocycles. The van der Waals surface area contributed by atoms with Crippen LogP contribution in [0.5, 0.6) is 5.75 Å². The molecular weight excluding hydrogens is 423 g/mol. The monoisotopic (exact) mass is 448 g/mol. The first kappa shape index (κ1) is 21.4. The van der Waals surface area contributed by atoms with Crippen LogP contribution in [0, 0.1) is 23.1 Å². The molecular formula is C26H25FN2O4. The van der Waals surface area contributed by atoms with Gasteiger partial charge < -0.3 is 9.64 Å². The molecule has 3 aliphatic heterocycles. The summed E-state index contributed by atoms with van der Waals surface area (Å²) in [5.41, 5.74) is 1.27. The second-order valence-electron chi connectivity index (χ2n) is 9.78. The summed E-state index contributed by atoms with van der Waals surface area (Å²) in [6, 6.07) is 9.62. The van der Waals surface area contributed by atoms with Gasteiger partial charge in [-0.1, -0.05) is 32.9 Å². The third kappa shape index (κ3) is 3.09. The molecule has 0 aromatic heterocycles. The molecule has 2 aromatic rings. The van der Waals surface area contributed by atoms with Crippen LogP contribution in [0.4, 0.5) is 15.8 Å². The fourth-order valence-corrected chi connectivity index (χ4v) is 5.27.